The van der Waals surface area contributed by atoms with Crippen LogP contribution < -0.4 is 25.4 Å². The van der Waals surface area contributed by atoms with Crippen LogP contribution in [0.2, 0.25) is 0 Å². The Kier molecular flexibility index (Phi) is 8.36. The SMILES string of the molecule is CCNC(=NCc1ccc(OC)c(NC(C)=O)c1)NCc1ccc(C)cc1OCC1CC1. The van der Waals surface area contributed by atoms with E-state index in [-0.39, 0.29) is 5.91 Å². The van der Waals surface area contributed by atoms with Gasteiger partial charge in [-0.1, -0.05) is 18.2 Å². The van der Waals surface area contributed by atoms with Gasteiger partial charge in [0, 0.05) is 25.6 Å². The van der Waals surface area contributed by atoms with Gasteiger partial charge < -0.3 is 25.4 Å². The number of anilines is 1. The number of hydrogen-bond acceptors (Lipinski definition) is 4. The molecule has 0 heterocycles. The molecule has 7 heteroatoms. The van der Waals surface area contributed by atoms with Crippen LogP contribution in [-0.2, 0) is 17.9 Å². The number of nitrogens with zero attached hydrogens (tertiary/aromatic N) is 1. The molecule has 2 aromatic rings. The molecular formula is C25H34N4O3. The van der Waals surface area contributed by atoms with Crippen molar-refractivity contribution in [2.45, 2.75) is 46.7 Å². The van der Waals surface area contributed by atoms with Gasteiger partial charge in [-0.3, -0.25) is 4.79 Å². The fourth-order valence-electron chi connectivity index (χ4n) is 3.27. The molecule has 0 unspecified atom stereocenters. The van der Waals surface area contributed by atoms with Crippen molar-refractivity contribution in [2.24, 2.45) is 10.9 Å². The van der Waals surface area contributed by atoms with Crippen LogP contribution >= 0.6 is 0 Å². The minimum atomic E-state index is -0.142. The standard InChI is InChI=1S/C25H34N4O3/c1-5-26-25(27-14-20-9-11-23(31-4)22(13-20)29-18(3)30)28-15-21-10-6-17(2)12-24(21)32-16-19-7-8-19/h6,9-13,19H,5,7-8,14-16H2,1-4H3,(H,29,30)(H2,26,27,28). The molecule has 0 radical (unpaired) electrons. The average Bonchev–Trinajstić information content (AvgIpc) is 3.59. The molecule has 0 saturated heterocycles. The molecule has 0 bridgehead atoms. The molecule has 1 aliphatic carbocycles. The first-order chi connectivity index (χ1) is 15.5. The molecule has 3 N–H and O–H groups in total. The van der Waals surface area contributed by atoms with Gasteiger partial charge in [0.2, 0.25) is 5.91 Å². The molecule has 1 saturated carbocycles. The lowest BCUT2D eigenvalue weighted by molar-refractivity contribution is -0.114. The summed E-state index contributed by atoms with van der Waals surface area (Å²) in [6.07, 6.45) is 2.54. The smallest absolute Gasteiger partial charge is 0.221 e. The summed E-state index contributed by atoms with van der Waals surface area (Å²) in [4.78, 5) is 16.2. The lowest BCUT2D eigenvalue weighted by Crippen LogP contribution is -2.36. The molecule has 0 atom stereocenters. The third kappa shape index (κ3) is 7.18. The van der Waals surface area contributed by atoms with Gasteiger partial charge in [0.15, 0.2) is 5.96 Å². The summed E-state index contributed by atoms with van der Waals surface area (Å²) in [7, 11) is 1.58. The number of carbonyl (C=O) groups excluding carboxylic acids is 1. The number of ether oxygens (including phenoxy) is 2. The van der Waals surface area contributed by atoms with E-state index >= 15 is 0 Å². The monoisotopic (exact) mass is 438 g/mol. The Balaban J connectivity index is 1.67. The largest absolute Gasteiger partial charge is 0.495 e. The van der Waals surface area contributed by atoms with Crippen LogP contribution in [0.3, 0.4) is 0 Å². The number of methoxy groups -OCH3 is 1. The summed E-state index contributed by atoms with van der Waals surface area (Å²) < 4.78 is 11.4. The highest BCUT2D eigenvalue weighted by Gasteiger charge is 2.22. The first kappa shape index (κ1) is 23.4. The number of nitrogens with one attached hydrogen (secondary N) is 3. The Bertz CT molecular complexity index is 954. The Morgan fingerprint density at radius 1 is 1.12 bits per heavy atom. The van der Waals surface area contributed by atoms with Gasteiger partial charge in [-0.2, -0.15) is 0 Å². The molecular weight excluding hydrogens is 404 g/mol. The molecule has 0 aromatic heterocycles. The van der Waals surface area contributed by atoms with E-state index in [2.05, 4.69) is 41.1 Å². The lowest BCUT2D eigenvalue weighted by atomic mass is 10.1. The van der Waals surface area contributed by atoms with Gasteiger partial charge in [0.25, 0.3) is 0 Å². The summed E-state index contributed by atoms with van der Waals surface area (Å²) in [5.74, 6) is 2.85. The third-order valence-corrected chi connectivity index (χ3v) is 5.18. The van der Waals surface area contributed by atoms with Crippen LogP contribution in [-0.4, -0.2) is 32.1 Å². The molecule has 2 aromatic carbocycles. The van der Waals surface area contributed by atoms with Crippen LogP contribution in [0.25, 0.3) is 0 Å². The van der Waals surface area contributed by atoms with E-state index in [4.69, 9.17) is 14.5 Å². The van der Waals surface area contributed by atoms with Crippen molar-refractivity contribution >= 4 is 17.6 Å². The summed E-state index contributed by atoms with van der Waals surface area (Å²) >= 11 is 0. The van der Waals surface area contributed by atoms with Crippen molar-refractivity contribution in [1.29, 1.82) is 0 Å². The highest BCUT2D eigenvalue weighted by molar-refractivity contribution is 5.90. The number of benzene rings is 2. The van der Waals surface area contributed by atoms with E-state index in [1.807, 2.05) is 25.1 Å². The molecule has 0 aliphatic heterocycles. The summed E-state index contributed by atoms with van der Waals surface area (Å²) in [5, 5.41) is 9.49. The molecule has 172 valence electrons. The zero-order valence-electron chi connectivity index (χ0n) is 19.5. The maximum atomic E-state index is 11.5. The second kappa shape index (κ2) is 11.4. The fraction of sp³-hybridized carbons (Fsp3) is 0.440. The molecule has 32 heavy (non-hydrogen) atoms. The molecule has 1 fully saturated rings. The van der Waals surface area contributed by atoms with Crippen molar-refractivity contribution in [2.75, 3.05) is 25.6 Å². The minimum absolute atomic E-state index is 0.142. The quantitative estimate of drug-likeness (QED) is 0.386. The van der Waals surface area contributed by atoms with Gasteiger partial charge in [0.05, 0.1) is 25.9 Å². The summed E-state index contributed by atoms with van der Waals surface area (Å²) in [5.41, 5.74) is 3.91. The van der Waals surface area contributed by atoms with Crippen molar-refractivity contribution in [3.8, 4) is 11.5 Å². The topological polar surface area (TPSA) is 84.0 Å². The zero-order chi connectivity index (χ0) is 22.9. The Morgan fingerprint density at radius 2 is 1.94 bits per heavy atom. The maximum Gasteiger partial charge on any atom is 0.221 e. The summed E-state index contributed by atoms with van der Waals surface area (Å²) in [6, 6.07) is 12.0. The van der Waals surface area contributed by atoms with Gasteiger partial charge in [-0.05, 0) is 61.9 Å². The van der Waals surface area contributed by atoms with Crippen molar-refractivity contribution < 1.29 is 14.3 Å². The Labute approximate surface area is 190 Å². The summed E-state index contributed by atoms with van der Waals surface area (Å²) in [6.45, 7) is 8.22. The number of carbonyl (C=O) groups is 1. The predicted octanol–water partition coefficient (Wildman–Crippen LogP) is 4.01. The second-order valence-electron chi connectivity index (χ2n) is 8.13. The Hall–Kier alpha value is -3.22. The van der Waals surface area contributed by atoms with Gasteiger partial charge >= 0.3 is 0 Å². The predicted molar refractivity (Wildman–Crippen MR) is 128 cm³/mol. The number of amides is 1. The maximum absolute atomic E-state index is 11.5. The number of aliphatic imine (C=N–C) groups is 1. The van der Waals surface area contributed by atoms with Gasteiger partial charge in [-0.15, -0.1) is 0 Å². The molecule has 1 aliphatic rings. The highest BCUT2D eigenvalue weighted by atomic mass is 16.5. The first-order valence-electron chi connectivity index (χ1n) is 11.2. The third-order valence-electron chi connectivity index (χ3n) is 5.18. The van der Waals surface area contributed by atoms with E-state index in [1.165, 1.54) is 25.3 Å². The number of aryl methyl sites for hydroxylation is 1. The van der Waals surface area contributed by atoms with E-state index < -0.39 is 0 Å². The average molecular weight is 439 g/mol. The van der Waals surface area contributed by atoms with E-state index in [9.17, 15) is 4.79 Å². The van der Waals surface area contributed by atoms with Crippen LogP contribution in [0.5, 0.6) is 11.5 Å². The first-order valence-corrected chi connectivity index (χ1v) is 11.2. The minimum Gasteiger partial charge on any atom is -0.495 e. The van der Waals surface area contributed by atoms with Gasteiger partial charge in [0.1, 0.15) is 11.5 Å². The Morgan fingerprint density at radius 3 is 2.62 bits per heavy atom. The van der Waals surface area contributed by atoms with Crippen molar-refractivity contribution in [3.63, 3.8) is 0 Å². The molecule has 7 nitrogen and oxygen atoms in total. The molecule has 1 amide bonds. The second-order valence-corrected chi connectivity index (χ2v) is 8.13. The van der Waals surface area contributed by atoms with E-state index in [0.717, 1.165) is 36.0 Å². The van der Waals surface area contributed by atoms with Gasteiger partial charge in [-0.25, -0.2) is 4.99 Å². The van der Waals surface area contributed by atoms with Crippen LogP contribution in [0.4, 0.5) is 5.69 Å². The van der Waals surface area contributed by atoms with E-state index in [0.29, 0.717) is 30.4 Å². The normalized spacial score (nSPS) is 13.4. The van der Waals surface area contributed by atoms with Crippen LogP contribution in [0, 0.1) is 12.8 Å². The lowest BCUT2D eigenvalue weighted by Gasteiger charge is -2.15. The molecule has 0 spiro atoms. The zero-order valence-corrected chi connectivity index (χ0v) is 19.5. The van der Waals surface area contributed by atoms with Crippen molar-refractivity contribution in [1.82, 2.24) is 10.6 Å². The van der Waals surface area contributed by atoms with E-state index in [1.54, 1.807) is 7.11 Å². The van der Waals surface area contributed by atoms with Crippen molar-refractivity contribution in [3.05, 3.63) is 53.1 Å². The number of guanidine groups is 1. The fourth-order valence-corrected chi connectivity index (χ4v) is 3.27. The highest BCUT2D eigenvalue weighted by Crippen LogP contribution is 2.31. The number of hydrogen-bond donors (Lipinski definition) is 3. The van der Waals surface area contributed by atoms with Crippen LogP contribution in [0.1, 0.15) is 43.4 Å². The molecule has 3 rings (SSSR count). The van der Waals surface area contributed by atoms with Crippen LogP contribution in [0.15, 0.2) is 41.4 Å². The number of rotatable bonds is 10.